The highest BCUT2D eigenvalue weighted by atomic mass is 16.3. The van der Waals surface area contributed by atoms with Gasteiger partial charge in [0.15, 0.2) is 11.7 Å². The van der Waals surface area contributed by atoms with Crippen LogP contribution in [0, 0.1) is 5.92 Å². The minimum atomic E-state index is -0.167. The van der Waals surface area contributed by atoms with Crippen LogP contribution in [0.1, 0.15) is 75.5 Å². The van der Waals surface area contributed by atoms with Crippen molar-refractivity contribution in [3.05, 3.63) is 199 Å². The average molecular weight is 865 g/mol. The van der Waals surface area contributed by atoms with E-state index >= 15 is 0 Å². The van der Waals surface area contributed by atoms with Crippen molar-refractivity contribution in [3.63, 3.8) is 0 Å². The first-order valence-corrected chi connectivity index (χ1v) is 23.0. The molecule has 4 heterocycles. The van der Waals surface area contributed by atoms with Gasteiger partial charge in [-0.05, 0) is 76.8 Å². The van der Waals surface area contributed by atoms with Gasteiger partial charge in [-0.1, -0.05) is 159 Å². The van der Waals surface area contributed by atoms with Gasteiger partial charge >= 0.3 is 0 Å². The third-order valence-electron chi connectivity index (χ3n) is 12.7. The molecule has 0 saturated heterocycles. The van der Waals surface area contributed by atoms with Crippen molar-refractivity contribution in [2.24, 2.45) is 15.9 Å². The number of aromatic nitrogens is 3. The molecule has 3 atom stereocenters. The number of hydrogen-bond donors (Lipinski definition) is 0. The second-order valence-corrected chi connectivity index (χ2v) is 16.9. The van der Waals surface area contributed by atoms with Crippen molar-refractivity contribution < 1.29 is 4.42 Å². The van der Waals surface area contributed by atoms with Gasteiger partial charge in [-0.25, -0.2) is 20.0 Å². The van der Waals surface area contributed by atoms with E-state index in [0.29, 0.717) is 17.6 Å². The monoisotopic (exact) mass is 864 g/mol. The maximum atomic E-state index is 6.88. The summed E-state index contributed by atoms with van der Waals surface area (Å²) in [4.78, 5) is 23.3. The highest BCUT2D eigenvalue weighted by Crippen LogP contribution is 2.44. The smallest absolute Gasteiger partial charge is 0.160 e. The first-order valence-electron chi connectivity index (χ1n) is 23.0. The minimum Gasteiger partial charge on any atom is -0.455 e. The molecule has 1 aliphatic carbocycles. The van der Waals surface area contributed by atoms with Crippen LogP contribution in [-0.2, 0) is 0 Å². The minimum absolute atomic E-state index is 0.141. The molecule has 66 heavy (non-hydrogen) atoms. The third kappa shape index (κ3) is 8.29. The molecule has 2 unspecified atom stereocenters. The normalized spacial score (nSPS) is 17.6. The van der Waals surface area contributed by atoms with Gasteiger partial charge in [0.05, 0.1) is 22.3 Å². The number of benzene rings is 4. The predicted molar refractivity (Wildman–Crippen MR) is 280 cm³/mol. The number of fused-ring (bicyclic) bond motifs is 5. The second kappa shape index (κ2) is 19.2. The quantitative estimate of drug-likeness (QED) is 0.0855. The number of nitrogens with zero attached hydrogens (tertiary/aromatic N) is 6. The van der Waals surface area contributed by atoms with E-state index in [4.69, 9.17) is 24.4 Å². The van der Waals surface area contributed by atoms with Crippen molar-refractivity contribution in [1.82, 2.24) is 19.4 Å². The summed E-state index contributed by atoms with van der Waals surface area (Å²) in [6.07, 6.45) is 28.3. The number of allylic oxidation sites excluding steroid dienone is 10. The van der Waals surface area contributed by atoms with Crippen LogP contribution in [0.4, 0.5) is 0 Å². The molecule has 0 amide bonds. The molecule has 0 saturated carbocycles. The topological polar surface area (TPSA) is 71.8 Å². The lowest BCUT2D eigenvalue weighted by Crippen LogP contribution is -2.45. The van der Waals surface area contributed by atoms with Crippen LogP contribution in [0.15, 0.2) is 191 Å². The van der Waals surface area contributed by atoms with Crippen molar-refractivity contribution in [2.75, 3.05) is 7.05 Å². The van der Waals surface area contributed by atoms with Crippen molar-refractivity contribution in [3.8, 4) is 22.6 Å². The van der Waals surface area contributed by atoms with Crippen molar-refractivity contribution in [2.45, 2.75) is 59.2 Å². The largest absolute Gasteiger partial charge is 0.455 e. The molecular weight excluding hydrogens is 809 g/mol. The van der Waals surface area contributed by atoms with Gasteiger partial charge in [0.2, 0.25) is 0 Å². The maximum Gasteiger partial charge on any atom is 0.160 e. The molecule has 328 valence electrons. The van der Waals surface area contributed by atoms with Crippen molar-refractivity contribution in [1.29, 1.82) is 0 Å². The van der Waals surface area contributed by atoms with E-state index in [1.807, 2.05) is 85.8 Å². The molecular formula is C59H56N6O. The standard InChI is InChI=1S/C59H56N6O/c1-8-12-16-26-39(5)56-62-58(44-31-21-15-22-32-44)64(7)59(63-56)48-37-47-45-33-23-24-34-52(45)66-55(47)53-46(25-9-2)51(11-4)65(54(48)53)40(6)35-36-41(10-3)49-38-50(42-27-17-13-18-28-42)61-57(60-49)43-29-19-14-20-30-43/h8-21,23-30,33-38,40,44,58H,4-5,22,31-32H2,1-3,6-7H3/b12-8-,25-9-,26-16-,36-35-,41-10+/t40?,44?,58-/m0/s1. The summed E-state index contributed by atoms with van der Waals surface area (Å²) in [5.41, 5.74) is 11.1. The van der Waals surface area contributed by atoms with Gasteiger partial charge in [0.25, 0.3) is 0 Å². The molecule has 1 aliphatic heterocycles. The predicted octanol–water partition coefficient (Wildman–Crippen LogP) is 15.0. The molecule has 7 heteroatoms. The summed E-state index contributed by atoms with van der Waals surface area (Å²) in [5, 5.41) is 3.09. The number of amidine groups is 2. The fourth-order valence-corrected chi connectivity index (χ4v) is 9.41. The number of rotatable bonds is 13. The number of aliphatic imine (C=N–C) groups is 2. The van der Waals surface area contributed by atoms with Crippen LogP contribution >= 0.6 is 0 Å². The van der Waals surface area contributed by atoms with E-state index in [9.17, 15) is 0 Å². The Kier molecular flexibility index (Phi) is 12.7. The zero-order chi connectivity index (χ0) is 45.7. The number of hydrogen-bond acceptors (Lipinski definition) is 6. The Morgan fingerprint density at radius 2 is 1.61 bits per heavy atom. The Morgan fingerprint density at radius 1 is 0.848 bits per heavy atom. The SMILES string of the molecule is C=Cc1c(/C=C\C)c2c3oc4ccccc4c3cc(C3=NC(C(=C)/C=C\C=C/C)=N[C@H](C4CC=CCC4)N3C)c2n1C(C)/C=C\C(=C/C)c1cc(-c2ccccc2)nc(-c2ccccc2)n1. The Hall–Kier alpha value is -7.64. The van der Waals surface area contributed by atoms with E-state index in [1.165, 1.54) is 0 Å². The maximum absolute atomic E-state index is 6.88. The van der Waals surface area contributed by atoms with E-state index in [0.717, 1.165) is 108 Å². The average Bonchev–Trinajstić information content (AvgIpc) is 3.90. The van der Waals surface area contributed by atoms with Gasteiger partial charge in [0.1, 0.15) is 23.2 Å². The summed E-state index contributed by atoms with van der Waals surface area (Å²) < 4.78 is 9.27. The van der Waals surface area contributed by atoms with E-state index in [2.05, 4.69) is 142 Å². The van der Waals surface area contributed by atoms with Gasteiger partial charge in [-0.3, -0.25) is 0 Å². The summed E-state index contributed by atoms with van der Waals surface area (Å²) in [7, 11) is 2.15. The molecule has 9 rings (SSSR count). The molecule has 0 fully saturated rings. The lowest BCUT2D eigenvalue weighted by Gasteiger charge is -2.37. The molecule has 7 aromatic rings. The molecule has 2 aliphatic rings. The molecule has 7 nitrogen and oxygen atoms in total. The zero-order valence-electron chi connectivity index (χ0n) is 38.5. The summed E-state index contributed by atoms with van der Waals surface area (Å²) in [6.45, 7) is 17.3. The van der Waals surface area contributed by atoms with Gasteiger partial charge in [-0.15, -0.1) is 0 Å². The van der Waals surface area contributed by atoms with Gasteiger partial charge in [-0.2, -0.15) is 0 Å². The molecule has 4 aromatic carbocycles. The van der Waals surface area contributed by atoms with Crippen molar-refractivity contribution >= 4 is 62.2 Å². The van der Waals surface area contributed by atoms with Gasteiger partial charge in [0, 0.05) is 63.3 Å². The zero-order valence-corrected chi connectivity index (χ0v) is 38.5. The van der Waals surface area contributed by atoms with Crippen LogP contribution in [0.3, 0.4) is 0 Å². The molecule has 0 N–H and O–H groups in total. The lowest BCUT2D eigenvalue weighted by molar-refractivity contribution is 0.248. The summed E-state index contributed by atoms with van der Waals surface area (Å²) in [6, 6.07) is 33.0. The second-order valence-electron chi connectivity index (χ2n) is 16.9. The lowest BCUT2D eigenvalue weighted by atomic mass is 9.90. The van der Waals surface area contributed by atoms with E-state index in [1.54, 1.807) is 0 Å². The van der Waals surface area contributed by atoms with Crippen LogP contribution in [0.5, 0.6) is 0 Å². The Morgan fingerprint density at radius 3 is 2.32 bits per heavy atom. The molecule has 0 bridgehead atoms. The molecule has 0 radical (unpaired) electrons. The molecule has 0 spiro atoms. The fraction of sp³-hybridized carbons (Fsp3) is 0.186. The van der Waals surface area contributed by atoms with Crippen LogP contribution in [-0.4, -0.2) is 44.3 Å². The summed E-state index contributed by atoms with van der Waals surface area (Å²) in [5.74, 6) is 2.47. The van der Waals surface area contributed by atoms with E-state index < -0.39 is 0 Å². The van der Waals surface area contributed by atoms with Gasteiger partial charge < -0.3 is 13.9 Å². The van der Waals surface area contributed by atoms with Crippen LogP contribution in [0.25, 0.3) is 73.2 Å². The molecule has 3 aromatic heterocycles. The number of para-hydroxylation sites is 1. The first kappa shape index (κ1) is 43.6. The van der Waals surface area contributed by atoms with E-state index in [-0.39, 0.29) is 12.2 Å². The van der Waals surface area contributed by atoms with Crippen LogP contribution in [0.2, 0.25) is 0 Å². The Bertz CT molecular complexity index is 3160. The first-order chi connectivity index (χ1) is 32.3. The number of furan rings is 1. The fourth-order valence-electron chi connectivity index (χ4n) is 9.41. The summed E-state index contributed by atoms with van der Waals surface area (Å²) >= 11 is 0. The van der Waals surface area contributed by atoms with Crippen LogP contribution < -0.4 is 0 Å². The highest BCUT2D eigenvalue weighted by molar-refractivity contribution is 6.25. The Balaban J connectivity index is 1.26. The third-order valence-corrected chi connectivity index (χ3v) is 12.7. The highest BCUT2D eigenvalue weighted by Gasteiger charge is 2.35. The Labute approximate surface area is 388 Å².